The third kappa shape index (κ3) is 5.18. The van der Waals surface area contributed by atoms with Crippen molar-refractivity contribution in [3.63, 3.8) is 0 Å². The Hall–Kier alpha value is -2.61. The highest BCUT2D eigenvalue weighted by molar-refractivity contribution is 9.10. The quantitative estimate of drug-likeness (QED) is 0.289. The van der Waals surface area contributed by atoms with Gasteiger partial charge in [0, 0.05) is 23.9 Å². The number of piperidine rings is 1. The number of carbonyl (C=O) groups is 1. The van der Waals surface area contributed by atoms with Crippen molar-refractivity contribution in [1.29, 1.82) is 0 Å². The van der Waals surface area contributed by atoms with Gasteiger partial charge >= 0.3 is 0 Å². The maximum atomic E-state index is 11.1. The van der Waals surface area contributed by atoms with E-state index in [1.54, 1.807) is 18.7 Å². The SMILES string of the molecule is COc1cc(Br)c2oc(C3CCN(Cc4ccc(C=CC(=O)NO)cc4)CC3)cc2c1. The molecule has 1 fully saturated rings. The van der Waals surface area contributed by atoms with Gasteiger partial charge in [0.1, 0.15) is 17.1 Å². The van der Waals surface area contributed by atoms with Crippen LogP contribution in [0.25, 0.3) is 17.0 Å². The first-order valence-corrected chi connectivity index (χ1v) is 11.1. The summed E-state index contributed by atoms with van der Waals surface area (Å²) in [5.41, 5.74) is 4.62. The molecule has 1 aliphatic heterocycles. The molecule has 1 saturated heterocycles. The van der Waals surface area contributed by atoms with Crippen molar-refractivity contribution in [1.82, 2.24) is 10.4 Å². The number of hydroxylamine groups is 1. The van der Waals surface area contributed by atoms with Crippen molar-refractivity contribution < 1.29 is 19.2 Å². The Bertz CT molecular complexity index is 1080. The van der Waals surface area contributed by atoms with Crippen molar-refractivity contribution in [3.8, 4) is 5.75 Å². The van der Waals surface area contributed by atoms with Crippen LogP contribution >= 0.6 is 15.9 Å². The van der Waals surface area contributed by atoms with Crippen LogP contribution in [0.1, 0.15) is 35.6 Å². The van der Waals surface area contributed by atoms with Gasteiger partial charge in [0.05, 0.1) is 11.6 Å². The van der Waals surface area contributed by atoms with Gasteiger partial charge in [-0.2, -0.15) is 0 Å². The van der Waals surface area contributed by atoms with Crippen LogP contribution in [0.15, 0.2) is 57.4 Å². The lowest BCUT2D eigenvalue weighted by atomic mass is 9.94. The molecule has 31 heavy (non-hydrogen) atoms. The minimum absolute atomic E-state index is 0.423. The van der Waals surface area contributed by atoms with Gasteiger partial charge in [0.15, 0.2) is 0 Å². The molecule has 162 valence electrons. The Kier molecular flexibility index (Phi) is 6.75. The first-order valence-electron chi connectivity index (χ1n) is 10.3. The molecular weight excluding hydrogens is 460 g/mol. The van der Waals surface area contributed by atoms with E-state index in [1.165, 1.54) is 11.6 Å². The zero-order valence-electron chi connectivity index (χ0n) is 17.3. The van der Waals surface area contributed by atoms with E-state index in [9.17, 15) is 4.79 Å². The highest BCUT2D eigenvalue weighted by atomic mass is 79.9. The van der Waals surface area contributed by atoms with Gasteiger partial charge < -0.3 is 9.15 Å². The largest absolute Gasteiger partial charge is 0.497 e. The molecule has 3 aromatic rings. The van der Waals surface area contributed by atoms with E-state index in [4.69, 9.17) is 14.4 Å². The summed E-state index contributed by atoms with van der Waals surface area (Å²) < 4.78 is 12.5. The maximum Gasteiger partial charge on any atom is 0.267 e. The highest BCUT2D eigenvalue weighted by Crippen LogP contribution is 2.37. The predicted octanol–water partition coefficient (Wildman–Crippen LogP) is 5.10. The summed E-state index contributed by atoms with van der Waals surface area (Å²) in [6.07, 6.45) is 5.09. The fourth-order valence-electron chi connectivity index (χ4n) is 4.00. The first-order chi connectivity index (χ1) is 15.1. The molecule has 2 N–H and O–H groups in total. The van der Waals surface area contributed by atoms with E-state index < -0.39 is 5.91 Å². The summed E-state index contributed by atoms with van der Waals surface area (Å²) in [5.74, 6) is 1.75. The number of methoxy groups -OCH3 is 1. The number of fused-ring (bicyclic) bond motifs is 1. The van der Waals surface area contributed by atoms with E-state index >= 15 is 0 Å². The summed E-state index contributed by atoms with van der Waals surface area (Å²) in [5, 5.41) is 9.60. The lowest BCUT2D eigenvalue weighted by Gasteiger charge is -2.31. The van der Waals surface area contributed by atoms with Crippen LogP contribution in [-0.2, 0) is 11.3 Å². The van der Waals surface area contributed by atoms with Crippen LogP contribution in [0.2, 0.25) is 0 Å². The van der Waals surface area contributed by atoms with Crippen LogP contribution < -0.4 is 10.2 Å². The van der Waals surface area contributed by atoms with Crippen LogP contribution in [0.3, 0.4) is 0 Å². The molecule has 0 radical (unpaired) electrons. The number of nitrogens with zero attached hydrogens (tertiary/aromatic N) is 1. The zero-order valence-corrected chi connectivity index (χ0v) is 18.9. The molecule has 0 saturated carbocycles. The average molecular weight is 485 g/mol. The van der Waals surface area contributed by atoms with Crippen LogP contribution in [-0.4, -0.2) is 36.2 Å². The molecule has 0 atom stereocenters. The standard InChI is InChI=1S/C24H25BrN2O4/c1-30-20-12-19-13-22(31-24(19)21(25)14-20)18-8-10-27(11-9-18)15-17-4-2-16(3-5-17)6-7-23(28)26-29/h2-7,12-14,18,29H,8-11,15H2,1H3,(H,26,28). The van der Waals surface area contributed by atoms with E-state index in [0.29, 0.717) is 5.92 Å². The highest BCUT2D eigenvalue weighted by Gasteiger charge is 2.24. The number of carbonyl (C=O) groups excluding carboxylic acids is 1. The van der Waals surface area contributed by atoms with Crippen molar-refractivity contribution >= 4 is 38.9 Å². The van der Waals surface area contributed by atoms with Gasteiger partial charge in [-0.25, -0.2) is 5.48 Å². The minimum atomic E-state index is -0.539. The monoisotopic (exact) mass is 484 g/mol. The second-order valence-electron chi connectivity index (χ2n) is 7.78. The first kappa shape index (κ1) is 21.6. The normalized spacial score (nSPS) is 15.6. The van der Waals surface area contributed by atoms with Crippen molar-refractivity contribution in [3.05, 3.63) is 69.9 Å². The minimum Gasteiger partial charge on any atom is -0.497 e. The number of amides is 1. The number of ether oxygens (including phenoxy) is 1. The molecular formula is C24H25BrN2O4. The molecule has 0 spiro atoms. The lowest BCUT2D eigenvalue weighted by molar-refractivity contribution is -0.124. The second-order valence-corrected chi connectivity index (χ2v) is 8.63. The van der Waals surface area contributed by atoms with Gasteiger partial charge in [0.2, 0.25) is 0 Å². The number of hydrogen-bond acceptors (Lipinski definition) is 5. The van der Waals surface area contributed by atoms with Gasteiger partial charge in [0.25, 0.3) is 5.91 Å². The summed E-state index contributed by atoms with van der Waals surface area (Å²) in [7, 11) is 1.67. The molecule has 6 nitrogen and oxygen atoms in total. The van der Waals surface area contributed by atoms with Crippen molar-refractivity contribution in [2.24, 2.45) is 0 Å². The van der Waals surface area contributed by atoms with Crippen molar-refractivity contribution in [2.45, 2.75) is 25.3 Å². The molecule has 0 aliphatic carbocycles. The van der Waals surface area contributed by atoms with E-state index in [1.807, 2.05) is 24.3 Å². The Morgan fingerprint density at radius 3 is 2.68 bits per heavy atom. The summed E-state index contributed by atoms with van der Waals surface area (Å²) in [4.78, 5) is 13.5. The third-order valence-corrected chi connectivity index (χ3v) is 6.30. The number of likely N-dealkylation sites (tertiary alicyclic amines) is 1. The number of nitrogens with one attached hydrogen (secondary N) is 1. The molecule has 1 aromatic heterocycles. The smallest absolute Gasteiger partial charge is 0.267 e. The number of furan rings is 1. The van der Waals surface area contributed by atoms with Crippen molar-refractivity contribution in [2.75, 3.05) is 20.2 Å². The predicted molar refractivity (Wildman–Crippen MR) is 123 cm³/mol. The number of benzene rings is 2. The van der Waals surface area contributed by atoms with E-state index in [-0.39, 0.29) is 0 Å². The Morgan fingerprint density at radius 2 is 2.00 bits per heavy atom. The molecule has 1 amide bonds. The fraction of sp³-hybridized carbons (Fsp3) is 0.292. The topological polar surface area (TPSA) is 74.9 Å². The summed E-state index contributed by atoms with van der Waals surface area (Å²) >= 11 is 3.58. The molecule has 7 heteroatoms. The van der Waals surface area contributed by atoms with E-state index in [0.717, 1.165) is 65.0 Å². The lowest BCUT2D eigenvalue weighted by Crippen LogP contribution is -2.32. The Balaban J connectivity index is 1.35. The average Bonchev–Trinajstić information content (AvgIpc) is 3.23. The van der Waals surface area contributed by atoms with Crippen LogP contribution in [0.4, 0.5) is 0 Å². The summed E-state index contributed by atoms with van der Waals surface area (Å²) in [6, 6.07) is 14.2. The Labute approximate surface area is 189 Å². The molecule has 1 aliphatic rings. The zero-order chi connectivity index (χ0) is 21.8. The van der Waals surface area contributed by atoms with Gasteiger partial charge in [-0.05, 0) is 77.3 Å². The fourth-order valence-corrected chi connectivity index (χ4v) is 4.54. The Morgan fingerprint density at radius 1 is 1.26 bits per heavy atom. The number of halogens is 1. The van der Waals surface area contributed by atoms with Gasteiger partial charge in [-0.1, -0.05) is 24.3 Å². The second kappa shape index (κ2) is 9.68. The van der Waals surface area contributed by atoms with Gasteiger partial charge in [-0.3, -0.25) is 14.9 Å². The number of hydrogen-bond donors (Lipinski definition) is 2. The molecule has 4 rings (SSSR count). The molecule has 2 aromatic carbocycles. The van der Waals surface area contributed by atoms with Crippen LogP contribution in [0, 0.1) is 0 Å². The summed E-state index contributed by atoms with van der Waals surface area (Å²) in [6.45, 7) is 2.94. The molecule has 2 heterocycles. The van der Waals surface area contributed by atoms with E-state index in [2.05, 4.69) is 39.0 Å². The van der Waals surface area contributed by atoms with Crippen LogP contribution in [0.5, 0.6) is 5.75 Å². The maximum absolute atomic E-state index is 11.1. The third-order valence-electron chi connectivity index (χ3n) is 5.71. The van der Waals surface area contributed by atoms with Gasteiger partial charge in [-0.15, -0.1) is 0 Å². The molecule has 0 bridgehead atoms. The number of rotatable bonds is 6. The molecule has 0 unspecified atom stereocenters.